The van der Waals surface area contributed by atoms with E-state index in [4.69, 9.17) is 10.4 Å². The third kappa shape index (κ3) is 4.44. The lowest BCUT2D eigenvalue weighted by Crippen LogP contribution is -2.70. The fourth-order valence-corrected chi connectivity index (χ4v) is 5.52. The Kier molecular flexibility index (Phi) is 6.47. The SMILES string of the molecule is CN/C=C(\C=N)c1cc(-c2ccc(N3CC4CC(C3)N4C(=O)C#Cc3ccccc3)nc2)c2c(C#N)cnn2c1. The molecule has 3 aliphatic rings. The van der Waals surface area contributed by atoms with E-state index >= 15 is 0 Å². The maximum atomic E-state index is 12.8. The molecule has 7 rings (SSSR count). The second-order valence-electron chi connectivity index (χ2n) is 9.82. The molecule has 6 heterocycles. The van der Waals surface area contributed by atoms with Crippen LogP contribution in [0.5, 0.6) is 0 Å². The molecule has 9 nitrogen and oxygen atoms in total. The molecule has 4 aromatic rings. The second-order valence-corrected chi connectivity index (χ2v) is 9.82. The minimum atomic E-state index is -0.123. The largest absolute Gasteiger partial charge is 0.393 e. The molecule has 2 unspecified atom stereocenters. The number of nitriles is 1. The highest BCUT2D eigenvalue weighted by Gasteiger charge is 2.47. The van der Waals surface area contributed by atoms with E-state index in [2.05, 4.69) is 33.2 Å². The molecule has 0 saturated carbocycles. The van der Waals surface area contributed by atoms with Gasteiger partial charge in [0.2, 0.25) is 0 Å². The highest BCUT2D eigenvalue weighted by molar-refractivity contribution is 6.09. The molecule has 3 aliphatic heterocycles. The van der Waals surface area contributed by atoms with E-state index in [1.54, 1.807) is 24.0 Å². The summed E-state index contributed by atoms with van der Waals surface area (Å²) >= 11 is 0. The first-order chi connectivity index (χ1) is 19.6. The Morgan fingerprint density at radius 3 is 2.62 bits per heavy atom. The van der Waals surface area contributed by atoms with E-state index in [0.29, 0.717) is 29.7 Å². The summed E-state index contributed by atoms with van der Waals surface area (Å²) in [5, 5.41) is 24.8. The van der Waals surface area contributed by atoms with Crippen LogP contribution in [0.2, 0.25) is 0 Å². The summed E-state index contributed by atoms with van der Waals surface area (Å²) in [5.74, 6) is 6.50. The Balaban J connectivity index is 1.23. The lowest BCUT2D eigenvalue weighted by molar-refractivity contribution is -0.139. The van der Waals surface area contributed by atoms with Crippen LogP contribution in [0.25, 0.3) is 22.2 Å². The minimum absolute atomic E-state index is 0.123. The minimum Gasteiger partial charge on any atom is -0.393 e. The molecule has 3 aromatic heterocycles. The van der Waals surface area contributed by atoms with Crippen molar-refractivity contribution in [1.29, 1.82) is 10.7 Å². The smallest absolute Gasteiger partial charge is 0.299 e. The number of nitrogens with zero attached hydrogens (tertiary/aromatic N) is 6. The van der Waals surface area contributed by atoms with Gasteiger partial charge < -0.3 is 20.5 Å². The molecule has 196 valence electrons. The second kappa shape index (κ2) is 10.4. The van der Waals surface area contributed by atoms with Gasteiger partial charge in [0.25, 0.3) is 5.91 Å². The van der Waals surface area contributed by atoms with Crippen molar-refractivity contribution >= 4 is 29.0 Å². The molecule has 2 atom stereocenters. The number of carbonyl (C=O) groups is 1. The van der Waals surface area contributed by atoms with Gasteiger partial charge in [0.15, 0.2) is 0 Å². The molecule has 2 bridgehead atoms. The van der Waals surface area contributed by atoms with Crippen LogP contribution in [0.15, 0.2) is 73.3 Å². The number of piperazine rings is 1. The number of hydrogen-bond acceptors (Lipinski definition) is 7. The standard InChI is InChI=1S/C31H26N8O/c1-34-15-24(13-32)23-11-28(31-25(14-33)17-36-38(31)18-23)22-8-9-29(35-16-22)37-19-26-12-27(20-37)39(26)30(40)10-7-21-5-3-2-4-6-21/h2-6,8-9,11,13,15-18,26-27,32,34H,12,19-20H2,1H3/b24-15+,32-13?. The van der Waals surface area contributed by atoms with Crippen LogP contribution in [0.4, 0.5) is 5.82 Å². The van der Waals surface area contributed by atoms with Crippen molar-refractivity contribution in [2.45, 2.75) is 18.5 Å². The molecule has 3 saturated heterocycles. The third-order valence-corrected chi connectivity index (χ3v) is 7.42. The Morgan fingerprint density at radius 2 is 1.95 bits per heavy atom. The predicted octanol–water partition coefficient (Wildman–Crippen LogP) is 3.32. The maximum absolute atomic E-state index is 12.8. The average molecular weight is 527 g/mol. The van der Waals surface area contributed by atoms with Crippen LogP contribution in [-0.2, 0) is 4.79 Å². The summed E-state index contributed by atoms with van der Waals surface area (Å²) in [6, 6.07) is 18.0. The number of anilines is 1. The van der Waals surface area contributed by atoms with Crippen LogP contribution in [-0.4, -0.2) is 63.8 Å². The van der Waals surface area contributed by atoms with E-state index in [1.165, 1.54) is 6.21 Å². The first kappa shape index (κ1) is 24.9. The molecule has 0 spiro atoms. The Labute approximate surface area is 231 Å². The van der Waals surface area contributed by atoms with Crippen LogP contribution in [0.3, 0.4) is 0 Å². The molecular weight excluding hydrogens is 500 g/mol. The van der Waals surface area contributed by atoms with Gasteiger partial charge in [-0.15, -0.1) is 0 Å². The van der Waals surface area contributed by atoms with E-state index < -0.39 is 0 Å². The van der Waals surface area contributed by atoms with Gasteiger partial charge in [0, 0.05) is 78.7 Å². The van der Waals surface area contributed by atoms with Gasteiger partial charge >= 0.3 is 0 Å². The van der Waals surface area contributed by atoms with Crippen molar-refractivity contribution in [2.75, 3.05) is 25.0 Å². The fourth-order valence-electron chi connectivity index (χ4n) is 5.52. The van der Waals surface area contributed by atoms with Gasteiger partial charge in [-0.3, -0.25) is 4.79 Å². The van der Waals surface area contributed by atoms with Crippen molar-refractivity contribution < 1.29 is 4.79 Å². The molecule has 1 aromatic carbocycles. The van der Waals surface area contributed by atoms with E-state index in [-0.39, 0.29) is 18.0 Å². The lowest BCUT2D eigenvalue weighted by atomic mass is 9.87. The van der Waals surface area contributed by atoms with Crippen LogP contribution < -0.4 is 10.2 Å². The molecule has 3 fully saturated rings. The van der Waals surface area contributed by atoms with Crippen LogP contribution >= 0.6 is 0 Å². The van der Waals surface area contributed by atoms with Crippen molar-refractivity contribution in [3.05, 3.63) is 90.0 Å². The van der Waals surface area contributed by atoms with Gasteiger partial charge in [-0.25, -0.2) is 9.50 Å². The zero-order chi connectivity index (χ0) is 27.6. The summed E-state index contributed by atoms with van der Waals surface area (Å²) in [7, 11) is 1.78. The molecular formula is C31H26N8O. The Hall–Kier alpha value is -5.41. The molecule has 0 radical (unpaired) electrons. The zero-order valence-corrected chi connectivity index (χ0v) is 21.9. The maximum Gasteiger partial charge on any atom is 0.299 e. The first-order valence-electron chi connectivity index (χ1n) is 13.0. The fraction of sp³-hybridized carbons (Fsp3) is 0.194. The molecule has 40 heavy (non-hydrogen) atoms. The number of carbonyl (C=O) groups excluding carboxylic acids is 1. The van der Waals surface area contributed by atoms with Crippen LogP contribution in [0, 0.1) is 28.6 Å². The number of nitrogens with one attached hydrogen (secondary N) is 2. The van der Waals surface area contributed by atoms with Gasteiger partial charge in [-0.05, 0) is 36.8 Å². The number of hydrogen-bond donors (Lipinski definition) is 2. The normalized spacial score (nSPS) is 17.9. The lowest BCUT2D eigenvalue weighted by Gasteiger charge is -2.55. The Morgan fingerprint density at radius 1 is 1.15 bits per heavy atom. The highest BCUT2D eigenvalue weighted by atomic mass is 16.2. The summed E-state index contributed by atoms with van der Waals surface area (Å²) in [6.07, 6.45) is 9.17. The van der Waals surface area contributed by atoms with Crippen molar-refractivity contribution in [1.82, 2.24) is 24.8 Å². The number of rotatable bonds is 5. The van der Waals surface area contributed by atoms with Crippen LogP contribution in [0.1, 0.15) is 23.1 Å². The van der Waals surface area contributed by atoms with Crippen molar-refractivity contribution in [3.8, 4) is 29.0 Å². The molecule has 1 amide bonds. The molecule has 2 N–H and O–H groups in total. The third-order valence-electron chi connectivity index (χ3n) is 7.42. The number of allylic oxidation sites excluding steroid dienone is 1. The van der Waals surface area contributed by atoms with Gasteiger partial charge in [-0.1, -0.05) is 24.1 Å². The number of fused-ring (bicyclic) bond motifs is 3. The van der Waals surface area contributed by atoms with E-state index in [9.17, 15) is 10.1 Å². The number of amides is 1. The van der Waals surface area contributed by atoms with Crippen molar-refractivity contribution in [2.24, 2.45) is 0 Å². The average Bonchev–Trinajstić information content (AvgIpc) is 3.42. The van der Waals surface area contributed by atoms with Crippen molar-refractivity contribution in [3.63, 3.8) is 0 Å². The summed E-state index contributed by atoms with van der Waals surface area (Å²) < 4.78 is 1.68. The Bertz CT molecular complexity index is 1730. The topological polar surface area (TPSA) is 113 Å². The predicted molar refractivity (Wildman–Crippen MR) is 154 cm³/mol. The summed E-state index contributed by atoms with van der Waals surface area (Å²) in [5.41, 5.74) is 5.13. The monoisotopic (exact) mass is 526 g/mol. The van der Waals surface area contributed by atoms with Gasteiger partial charge in [-0.2, -0.15) is 10.4 Å². The van der Waals surface area contributed by atoms with E-state index in [1.807, 2.05) is 65.8 Å². The summed E-state index contributed by atoms with van der Waals surface area (Å²) in [6.45, 7) is 1.42. The number of aromatic nitrogens is 3. The summed E-state index contributed by atoms with van der Waals surface area (Å²) in [4.78, 5) is 21.7. The molecule has 0 aliphatic carbocycles. The number of benzene rings is 1. The van der Waals surface area contributed by atoms with Gasteiger partial charge in [0.05, 0.1) is 29.4 Å². The number of piperidine rings is 1. The van der Waals surface area contributed by atoms with Gasteiger partial charge in [0.1, 0.15) is 11.9 Å². The molecule has 9 heteroatoms. The number of pyridine rings is 2. The highest BCUT2D eigenvalue weighted by Crippen LogP contribution is 2.35. The first-order valence-corrected chi connectivity index (χ1v) is 13.0. The quantitative estimate of drug-likeness (QED) is 0.305. The van der Waals surface area contributed by atoms with E-state index in [0.717, 1.165) is 34.5 Å². The zero-order valence-electron chi connectivity index (χ0n) is 21.9.